The molecule has 1 fully saturated rings. The molecule has 6 nitrogen and oxygen atoms in total. The molecule has 0 aromatic heterocycles. The van der Waals surface area contributed by atoms with E-state index < -0.39 is 10.0 Å². The van der Waals surface area contributed by atoms with E-state index >= 15 is 0 Å². The minimum Gasteiger partial charge on any atom is -0.321 e. The molecule has 162 valence electrons. The quantitative estimate of drug-likeness (QED) is 0.568. The van der Waals surface area contributed by atoms with Crippen LogP contribution in [0.2, 0.25) is 0 Å². The highest BCUT2D eigenvalue weighted by atomic mass is 32.2. The SMILES string of the molecule is Cc1cc(S(=O)(=O)NC2CCNCC2C)c2ccccc2c1NC(=O)c1ccccc1. The first-order valence-electron chi connectivity index (χ1n) is 10.5. The summed E-state index contributed by atoms with van der Waals surface area (Å²) in [7, 11) is -3.73. The van der Waals surface area contributed by atoms with Crippen LogP contribution in [0.3, 0.4) is 0 Å². The van der Waals surface area contributed by atoms with Gasteiger partial charge in [0, 0.05) is 22.4 Å². The highest BCUT2D eigenvalue weighted by Crippen LogP contribution is 2.33. The molecule has 0 aliphatic carbocycles. The van der Waals surface area contributed by atoms with Gasteiger partial charge in [-0.05, 0) is 56.1 Å². The third-order valence-electron chi connectivity index (χ3n) is 5.86. The van der Waals surface area contributed by atoms with Gasteiger partial charge in [-0.2, -0.15) is 0 Å². The molecule has 2 atom stereocenters. The Balaban J connectivity index is 1.73. The molecule has 4 rings (SSSR count). The van der Waals surface area contributed by atoms with Crippen molar-refractivity contribution < 1.29 is 13.2 Å². The second-order valence-electron chi connectivity index (χ2n) is 8.13. The Labute approximate surface area is 183 Å². The van der Waals surface area contributed by atoms with E-state index in [0.717, 1.165) is 19.5 Å². The number of nitrogens with one attached hydrogen (secondary N) is 3. The van der Waals surface area contributed by atoms with Crippen LogP contribution >= 0.6 is 0 Å². The zero-order valence-corrected chi connectivity index (χ0v) is 18.5. The van der Waals surface area contributed by atoms with Gasteiger partial charge in [0.15, 0.2) is 0 Å². The third-order valence-corrected chi connectivity index (χ3v) is 7.39. The smallest absolute Gasteiger partial charge is 0.255 e. The predicted octanol–water partition coefficient (Wildman–Crippen LogP) is 3.68. The molecule has 0 radical (unpaired) electrons. The average Bonchev–Trinajstić information content (AvgIpc) is 2.77. The van der Waals surface area contributed by atoms with Crippen LogP contribution in [0.5, 0.6) is 0 Å². The molecular formula is C24H27N3O3S. The summed E-state index contributed by atoms with van der Waals surface area (Å²) in [6, 6.07) is 17.8. The van der Waals surface area contributed by atoms with Crippen molar-refractivity contribution >= 4 is 32.4 Å². The van der Waals surface area contributed by atoms with Crippen LogP contribution in [-0.2, 0) is 10.0 Å². The molecule has 1 heterocycles. The summed E-state index contributed by atoms with van der Waals surface area (Å²) in [5.74, 6) is -0.0218. The van der Waals surface area contributed by atoms with Gasteiger partial charge in [0.1, 0.15) is 0 Å². The Bertz CT molecular complexity index is 1210. The molecule has 7 heteroatoms. The molecule has 0 spiro atoms. The van der Waals surface area contributed by atoms with Gasteiger partial charge in [-0.3, -0.25) is 4.79 Å². The first-order chi connectivity index (χ1) is 14.9. The highest BCUT2D eigenvalue weighted by Gasteiger charge is 2.28. The van der Waals surface area contributed by atoms with Crippen molar-refractivity contribution in [3.8, 4) is 0 Å². The van der Waals surface area contributed by atoms with Crippen LogP contribution < -0.4 is 15.4 Å². The number of benzene rings is 3. The third kappa shape index (κ3) is 4.49. The fourth-order valence-corrected chi connectivity index (χ4v) is 5.77. The summed E-state index contributed by atoms with van der Waals surface area (Å²) < 4.78 is 29.6. The van der Waals surface area contributed by atoms with Gasteiger partial charge in [0.25, 0.3) is 5.91 Å². The Kier molecular flexibility index (Phi) is 6.09. The Morgan fingerprint density at radius 3 is 2.42 bits per heavy atom. The summed E-state index contributed by atoms with van der Waals surface area (Å²) in [6.45, 7) is 5.45. The van der Waals surface area contributed by atoms with E-state index in [1.807, 2.05) is 50.2 Å². The van der Waals surface area contributed by atoms with E-state index in [2.05, 4.69) is 15.4 Å². The lowest BCUT2D eigenvalue weighted by Gasteiger charge is -2.30. The van der Waals surface area contributed by atoms with Gasteiger partial charge >= 0.3 is 0 Å². The first kappa shape index (κ1) is 21.5. The molecular weight excluding hydrogens is 410 g/mol. The van der Waals surface area contributed by atoms with E-state index in [4.69, 9.17) is 0 Å². The fourth-order valence-electron chi connectivity index (χ4n) is 4.09. The van der Waals surface area contributed by atoms with Crippen LogP contribution in [0.4, 0.5) is 5.69 Å². The number of carbonyl (C=O) groups is 1. The van der Waals surface area contributed by atoms with Gasteiger partial charge in [-0.1, -0.05) is 49.4 Å². The Hall–Kier alpha value is -2.74. The molecule has 1 saturated heterocycles. The van der Waals surface area contributed by atoms with Crippen LogP contribution in [0.1, 0.15) is 29.3 Å². The van der Waals surface area contributed by atoms with Crippen molar-refractivity contribution in [2.75, 3.05) is 18.4 Å². The second kappa shape index (κ2) is 8.78. The van der Waals surface area contributed by atoms with Crippen molar-refractivity contribution in [3.63, 3.8) is 0 Å². The second-order valence-corrected chi connectivity index (χ2v) is 9.81. The number of hydrogen-bond acceptors (Lipinski definition) is 4. The number of carbonyl (C=O) groups excluding carboxylic acids is 1. The molecule has 2 unspecified atom stereocenters. The number of sulfonamides is 1. The van der Waals surface area contributed by atoms with Crippen LogP contribution in [0.25, 0.3) is 10.8 Å². The van der Waals surface area contributed by atoms with Crippen LogP contribution in [0.15, 0.2) is 65.6 Å². The van der Waals surface area contributed by atoms with Gasteiger partial charge in [0.05, 0.1) is 10.6 Å². The van der Waals surface area contributed by atoms with Crippen molar-refractivity contribution in [2.24, 2.45) is 5.92 Å². The summed E-state index contributed by atoms with van der Waals surface area (Å²) in [4.78, 5) is 13.0. The van der Waals surface area contributed by atoms with Crippen molar-refractivity contribution in [1.29, 1.82) is 0 Å². The van der Waals surface area contributed by atoms with Crippen molar-refractivity contribution in [3.05, 3.63) is 71.8 Å². The standard InChI is InChI=1S/C24H27N3O3S/c1-16-14-22(31(29,30)27-21-12-13-25-15-17(21)2)19-10-6-7-11-20(19)23(16)26-24(28)18-8-4-3-5-9-18/h3-11,14,17,21,25,27H,12-13,15H2,1-2H3,(H,26,28). The number of amides is 1. The topological polar surface area (TPSA) is 87.3 Å². The number of hydrogen-bond donors (Lipinski definition) is 3. The molecule has 3 aromatic carbocycles. The summed E-state index contributed by atoms with van der Waals surface area (Å²) in [6.07, 6.45) is 0.753. The van der Waals surface area contributed by atoms with Gasteiger partial charge in [-0.15, -0.1) is 0 Å². The summed E-state index contributed by atoms with van der Waals surface area (Å²) in [5.41, 5.74) is 1.87. The number of fused-ring (bicyclic) bond motifs is 1. The number of piperidine rings is 1. The minimum atomic E-state index is -3.73. The lowest BCUT2D eigenvalue weighted by molar-refractivity contribution is 0.102. The molecule has 1 aliphatic rings. The van der Waals surface area contributed by atoms with Gasteiger partial charge in [-0.25, -0.2) is 13.1 Å². The van der Waals surface area contributed by atoms with E-state index in [9.17, 15) is 13.2 Å². The Morgan fingerprint density at radius 1 is 1.03 bits per heavy atom. The van der Waals surface area contributed by atoms with E-state index in [1.165, 1.54) is 0 Å². The zero-order valence-electron chi connectivity index (χ0n) is 17.7. The largest absolute Gasteiger partial charge is 0.321 e. The maximum Gasteiger partial charge on any atom is 0.255 e. The van der Waals surface area contributed by atoms with Crippen molar-refractivity contribution in [1.82, 2.24) is 10.0 Å². The maximum absolute atomic E-state index is 13.3. The van der Waals surface area contributed by atoms with E-state index in [-0.39, 0.29) is 22.8 Å². The molecule has 0 saturated carbocycles. The predicted molar refractivity (Wildman–Crippen MR) is 124 cm³/mol. The normalized spacial score (nSPS) is 19.3. The minimum absolute atomic E-state index is 0.109. The lowest BCUT2D eigenvalue weighted by Crippen LogP contribution is -2.48. The van der Waals surface area contributed by atoms with E-state index in [0.29, 0.717) is 27.6 Å². The molecule has 3 aromatic rings. The molecule has 1 amide bonds. The van der Waals surface area contributed by atoms with Crippen molar-refractivity contribution in [2.45, 2.75) is 31.2 Å². The fraction of sp³-hybridized carbons (Fsp3) is 0.292. The van der Waals surface area contributed by atoms with Gasteiger partial charge in [0.2, 0.25) is 10.0 Å². The Morgan fingerprint density at radius 2 is 1.71 bits per heavy atom. The number of aryl methyl sites for hydroxylation is 1. The average molecular weight is 438 g/mol. The monoisotopic (exact) mass is 437 g/mol. The zero-order chi connectivity index (χ0) is 22.0. The lowest BCUT2D eigenvalue weighted by atomic mass is 9.97. The molecule has 3 N–H and O–H groups in total. The molecule has 31 heavy (non-hydrogen) atoms. The van der Waals surface area contributed by atoms with Crippen LogP contribution in [0, 0.1) is 12.8 Å². The van der Waals surface area contributed by atoms with E-state index in [1.54, 1.807) is 24.3 Å². The van der Waals surface area contributed by atoms with Gasteiger partial charge < -0.3 is 10.6 Å². The summed E-state index contributed by atoms with van der Waals surface area (Å²) >= 11 is 0. The summed E-state index contributed by atoms with van der Waals surface area (Å²) in [5, 5.41) is 7.56. The molecule has 1 aliphatic heterocycles. The maximum atomic E-state index is 13.3. The number of anilines is 1. The number of rotatable bonds is 5. The first-order valence-corrected chi connectivity index (χ1v) is 12.0. The highest BCUT2D eigenvalue weighted by molar-refractivity contribution is 7.89. The molecule has 0 bridgehead atoms. The van der Waals surface area contributed by atoms with Crippen LogP contribution in [-0.4, -0.2) is 33.5 Å².